The van der Waals surface area contributed by atoms with Crippen LogP contribution < -0.4 is 5.32 Å². The van der Waals surface area contributed by atoms with E-state index in [0.717, 1.165) is 12.0 Å². The first-order valence-electron chi connectivity index (χ1n) is 6.72. The summed E-state index contributed by atoms with van der Waals surface area (Å²) in [5, 5.41) is 3.50. The molecule has 2 rings (SSSR count). The maximum absolute atomic E-state index is 12.1. The summed E-state index contributed by atoms with van der Waals surface area (Å²) in [7, 11) is 0. The number of halogens is 2. The van der Waals surface area contributed by atoms with Gasteiger partial charge >= 0.3 is 0 Å². The van der Waals surface area contributed by atoms with E-state index in [0.29, 0.717) is 34.8 Å². The van der Waals surface area contributed by atoms with Gasteiger partial charge in [-0.25, -0.2) is 0 Å². The zero-order valence-corrected chi connectivity index (χ0v) is 12.6. The Bertz CT molecular complexity index is 461. The molecule has 1 fully saturated rings. The zero-order valence-electron chi connectivity index (χ0n) is 11.1. The van der Waals surface area contributed by atoms with Crippen molar-refractivity contribution in [2.75, 3.05) is 12.4 Å². The van der Waals surface area contributed by atoms with E-state index < -0.39 is 0 Å². The van der Waals surface area contributed by atoms with E-state index in [4.69, 9.17) is 23.2 Å². The first kappa shape index (κ1) is 14.7. The molecule has 1 N–H and O–H groups in total. The lowest BCUT2D eigenvalue weighted by atomic mass is 9.98. The lowest BCUT2D eigenvalue weighted by Gasteiger charge is -2.17. The fraction of sp³-hybridized carbons (Fsp3) is 0.533. The van der Waals surface area contributed by atoms with E-state index in [9.17, 15) is 4.79 Å². The third-order valence-electron chi connectivity index (χ3n) is 3.91. The molecule has 104 valence electrons. The molecule has 2 unspecified atom stereocenters. The zero-order chi connectivity index (χ0) is 13.8. The molecule has 1 aromatic carbocycles. The van der Waals surface area contributed by atoms with E-state index in [-0.39, 0.29) is 5.91 Å². The number of carbonyl (C=O) groups excluding carboxylic acids is 1. The molecular formula is C15H19Cl2NO. The lowest BCUT2D eigenvalue weighted by molar-refractivity contribution is 0.0945. The van der Waals surface area contributed by atoms with Crippen LogP contribution >= 0.6 is 23.2 Å². The van der Waals surface area contributed by atoms with E-state index in [2.05, 4.69) is 5.32 Å². The molecule has 0 aliphatic heterocycles. The molecular weight excluding hydrogens is 281 g/mol. The summed E-state index contributed by atoms with van der Waals surface area (Å²) in [6, 6.07) is 5.49. The van der Waals surface area contributed by atoms with Crippen LogP contribution in [0.15, 0.2) is 18.2 Å². The van der Waals surface area contributed by atoms with Crippen LogP contribution in [-0.4, -0.2) is 18.3 Å². The average Bonchev–Trinajstić information content (AvgIpc) is 2.83. The van der Waals surface area contributed by atoms with Crippen LogP contribution in [0.3, 0.4) is 0 Å². The quantitative estimate of drug-likeness (QED) is 0.836. The minimum absolute atomic E-state index is 0.0924. The molecule has 0 aromatic heterocycles. The van der Waals surface area contributed by atoms with Gasteiger partial charge in [0, 0.05) is 12.4 Å². The van der Waals surface area contributed by atoms with Crippen molar-refractivity contribution < 1.29 is 4.79 Å². The minimum Gasteiger partial charge on any atom is -0.352 e. The highest BCUT2D eigenvalue weighted by Crippen LogP contribution is 2.32. The number of aryl methyl sites for hydroxylation is 1. The van der Waals surface area contributed by atoms with Gasteiger partial charge in [-0.15, -0.1) is 11.6 Å². The number of benzene rings is 1. The molecule has 1 aliphatic carbocycles. The highest BCUT2D eigenvalue weighted by atomic mass is 35.5. The van der Waals surface area contributed by atoms with Crippen molar-refractivity contribution in [3.63, 3.8) is 0 Å². The van der Waals surface area contributed by atoms with Crippen LogP contribution in [0.2, 0.25) is 5.02 Å². The smallest absolute Gasteiger partial charge is 0.252 e. The predicted molar refractivity (Wildman–Crippen MR) is 80.1 cm³/mol. The summed E-state index contributed by atoms with van der Waals surface area (Å²) in [6.45, 7) is 2.65. The van der Waals surface area contributed by atoms with Crippen LogP contribution in [0.1, 0.15) is 35.2 Å². The number of rotatable bonds is 4. The maximum atomic E-state index is 12.1. The number of hydrogen-bond acceptors (Lipinski definition) is 1. The molecule has 1 aromatic rings. The van der Waals surface area contributed by atoms with Gasteiger partial charge in [0.05, 0.1) is 10.6 Å². The van der Waals surface area contributed by atoms with Crippen molar-refractivity contribution >= 4 is 29.1 Å². The van der Waals surface area contributed by atoms with E-state index in [1.807, 2.05) is 19.1 Å². The molecule has 1 aliphatic rings. The van der Waals surface area contributed by atoms with Gasteiger partial charge in [-0.05, 0) is 49.3 Å². The molecule has 0 spiro atoms. The standard InChI is InChI=1S/C15H19Cl2NO/c1-10-5-6-13(14(17)7-10)15(19)18-9-12-4-2-3-11(12)8-16/h5-7,11-12H,2-4,8-9H2,1H3,(H,18,19). The Morgan fingerprint density at radius 3 is 2.79 bits per heavy atom. The fourth-order valence-corrected chi connectivity index (χ4v) is 3.44. The SMILES string of the molecule is Cc1ccc(C(=O)NCC2CCCC2CCl)c(Cl)c1. The van der Waals surface area contributed by atoms with Gasteiger partial charge in [0.25, 0.3) is 5.91 Å². The average molecular weight is 300 g/mol. The summed E-state index contributed by atoms with van der Waals surface area (Å²) in [5.74, 6) is 1.64. The van der Waals surface area contributed by atoms with Crippen molar-refractivity contribution in [1.82, 2.24) is 5.32 Å². The van der Waals surface area contributed by atoms with Gasteiger partial charge in [-0.1, -0.05) is 24.1 Å². The third-order valence-corrected chi connectivity index (χ3v) is 4.62. The van der Waals surface area contributed by atoms with Crippen molar-refractivity contribution in [2.24, 2.45) is 11.8 Å². The summed E-state index contributed by atoms with van der Waals surface area (Å²) in [4.78, 5) is 12.1. The number of hydrogen-bond donors (Lipinski definition) is 1. The summed E-state index contributed by atoms with van der Waals surface area (Å²) >= 11 is 12.0. The summed E-state index contributed by atoms with van der Waals surface area (Å²) in [6.07, 6.45) is 3.54. The predicted octanol–water partition coefficient (Wildman–Crippen LogP) is 4.03. The Labute approximate surface area is 124 Å². The van der Waals surface area contributed by atoms with Gasteiger partial charge in [0.15, 0.2) is 0 Å². The molecule has 2 nitrogen and oxygen atoms in total. The van der Waals surface area contributed by atoms with Crippen LogP contribution in [0.25, 0.3) is 0 Å². The number of amides is 1. The molecule has 0 saturated heterocycles. The van der Waals surface area contributed by atoms with E-state index >= 15 is 0 Å². The van der Waals surface area contributed by atoms with Gasteiger partial charge in [-0.3, -0.25) is 4.79 Å². The normalized spacial score (nSPS) is 22.5. The minimum atomic E-state index is -0.0924. The Morgan fingerprint density at radius 1 is 1.37 bits per heavy atom. The van der Waals surface area contributed by atoms with Crippen LogP contribution in [0.4, 0.5) is 0 Å². The largest absolute Gasteiger partial charge is 0.352 e. The maximum Gasteiger partial charge on any atom is 0.252 e. The molecule has 0 heterocycles. The Morgan fingerprint density at radius 2 is 2.11 bits per heavy atom. The molecule has 2 atom stereocenters. The van der Waals surface area contributed by atoms with Crippen LogP contribution in [0.5, 0.6) is 0 Å². The monoisotopic (exact) mass is 299 g/mol. The topological polar surface area (TPSA) is 29.1 Å². The molecule has 1 amide bonds. The van der Waals surface area contributed by atoms with Crippen molar-refractivity contribution in [2.45, 2.75) is 26.2 Å². The molecule has 4 heteroatoms. The third kappa shape index (κ3) is 3.64. The first-order chi connectivity index (χ1) is 9.11. The molecule has 19 heavy (non-hydrogen) atoms. The lowest BCUT2D eigenvalue weighted by Crippen LogP contribution is -2.31. The highest BCUT2D eigenvalue weighted by molar-refractivity contribution is 6.33. The van der Waals surface area contributed by atoms with Crippen molar-refractivity contribution in [3.8, 4) is 0 Å². The van der Waals surface area contributed by atoms with Crippen molar-refractivity contribution in [3.05, 3.63) is 34.3 Å². The Hall–Kier alpha value is -0.730. The van der Waals surface area contributed by atoms with E-state index in [1.54, 1.807) is 6.07 Å². The second-order valence-corrected chi connectivity index (χ2v) is 6.01. The summed E-state index contributed by atoms with van der Waals surface area (Å²) in [5.41, 5.74) is 1.60. The van der Waals surface area contributed by atoms with Crippen LogP contribution in [0, 0.1) is 18.8 Å². The van der Waals surface area contributed by atoms with Gasteiger partial charge in [0.2, 0.25) is 0 Å². The molecule has 1 saturated carbocycles. The van der Waals surface area contributed by atoms with E-state index in [1.165, 1.54) is 12.8 Å². The number of carbonyl (C=O) groups is 1. The second-order valence-electron chi connectivity index (χ2n) is 5.30. The van der Waals surface area contributed by atoms with Gasteiger partial charge in [0.1, 0.15) is 0 Å². The van der Waals surface area contributed by atoms with Gasteiger partial charge in [-0.2, -0.15) is 0 Å². The van der Waals surface area contributed by atoms with Crippen LogP contribution in [-0.2, 0) is 0 Å². The molecule has 0 radical (unpaired) electrons. The van der Waals surface area contributed by atoms with Gasteiger partial charge < -0.3 is 5.32 Å². The number of alkyl halides is 1. The first-order valence-corrected chi connectivity index (χ1v) is 7.63. The second kappa shape index (κ2) is 6.62. The Balaban J connectivity index is 1.94. The fourth-order valence-electron chi connectivity index (χ4n) is 2.71. The molecule has 0 bridgehead atoms. The summed E-state index contributed by atoms with van der Waals surface area (Å²) < 4.78 is 0. The van der Waals surface area contributed by atoms with Crippen molar-refractivity contribution in [1.29, 1.82) is 0 Å². The number of nitrogens with one attached hydrogen (secondary N) is 1. The highest BCUT2D eigenvalue weighted by Gasteiger charge is 2.26. The Kier molecular flexibility index (Phi) is 5.12.